The fourth-order valence-electron chi connectivity index (χ4n) is 4.15. The highest BCUT2D eigenvalue weighted by molar-refractivity contribution is 5.75. The van der Waals surface area contributed by atoms with Crippen LogP contribution in [0, 0.1) is 17.8 Å². The van der Waals surface area contributed by atoms with Crippen LogP contribution >= 0.6 is 0 Å². The van der Waals surface area contributed by atoms with Crippen molar-refractivity contribution in [1.29, 1.82) is 0 Å². The van der Waals surface area contributed by atoms with Crippen LogP contribution in [-0.2, 0) is 4.79 Å². The normalized spacial score (nSPS) is 39.1. The predicted octanol–water partition coefficient (Wildman–Crippen LogP) is 1.04. The van der Waals surface area contributed by atoms with Gasteiger partial charge in [0, 0.05) is 25.0 Å². The van der Waals surface area contributed by atoms with Crippen molar-refractivity contribution >= 4 is 12.0 Å². The molecule has 3 unspecified atom stereocenters. The number of amides is 2. The van der Waals surface area contributed by atoms with Gasteiger partial charge in [-0.3, -0.25) is 4.79 Å². The Kier molecular flexibility index (Phi) is 4.06. The molecule has 0 spiro atoms. The van der Waals surface area contributed by atoms with E-state index < -0.39 is 5.97 Å². The molecule has 2 saturated carbocycles. The number of carbonyl (C=O) groups excluding carboxylic acids is 1. The Morgan fingerprint density at radius 2 is 1.71 bits per heavy atom. The number of carbonyl (C=O) groups is 2. The number of fused-ring (bicyclic) bond motifs is 1. The third-order valence-electron chi connectivity index (χ3n) is 5.51. The van der Waals surface area contributed by atoms with Crippen molar-refractivity contribution in [2.24, 2.45) is 17.8 Å². The van der Waals surface area contributed by atoms with E-state index in [-0.39, 0.29) is 30.0 Å². The molecule has 3 aliphatic rings. The van der Waals surface area contributed by atoms with Gasteiger partial charge in [0.2, 0.25) is 0 Å². The molecule has 1 aliphatic heterocycles. The summed E-state index contributed by atoms with van der Waals surface area (Å²) in [7, 11) is 0. The van der Waals surface area contributed by atoms with Gasteiger partial charge in [-0.1, -0.05) is 0 Å². The highest BCUT2D eigenvalue weighted by Gasteiger charge is 2.43. The molecule has 0 aromatic carbocycles. The number of aliphatic carboxylic acids is 1. The third kappa shape index (κ3) is 3.00. The maximum atomic E-state index is 12.3. The molecule has 21 heavy (non-hydrogen) atoms. The Labute approximate surface area is 124 Å². The fraction of sp³-hybridized carbons (Fsp3) is 0.867. The summed E-state index contributed by atoms with van der Waals surface area (Å²) in [6.07, 6.45) is 4.40. The van der Waals surface area contributed by atoms with E-state index in [9.17, 15) is 14.7 Å². The number of aliphatic hydroxyl groups is 1. The summed E-state index contributed by atoms with van der Waals surface area (Å²) in [6.45, 7) is 1.40. The van der Waals surface area contributed by atoms with Crippen LogP contribution in [0.2, 0.25) is 0 Å². The second kappa shape index (κ2) is 5.83. The summed E-state index contributed by atoms with van der Waals surface area (Å²) in [5.41, 5.74) is 0. The molecule has 3 rings (SSSR count). The number of aliphatic hydroxyl groups excluding tert-OH is 1. The van der Waals surface area contributed by atoms with Crippen molar-refractivity contribution in [3.8, 4) is 0 Å². The number of nitrogens with zero attached hydrogens (tertiary/aromatic N) is 1. The van der Waals surface area contributed by atoms with Gasteiger partial charge in [0.05, 0.1) is 12.0 Å². The second-order valence-electron chi connectivity index (χ2n) is 6.81. The summed E-state index contributed by atoms with van der Waals surface area (Å²) in [4.78, 5) is 25.0. The molecule has 0 aromatic heterocycles. The Morgan fingerprint density at radius 3 is 2.33 bits per heavy atom. The van der Waals surface area contributed by atoms with E-state index in [0.717, 1.165) is 32.2 Å². The zero-order valence-electron chi connectivity index (χ0n) is 12.2. The average Bonchev–Trinajstić information content (AvgIpc) is 3.02. The molecule has 1 heterocycles. The molecule has 1 saturated heterocycles. The van der Waals surface area contributed by atoms with E-state index in [2.05, 4.69) is 5.32 Å². The van der Waals surface area contributed by atoms with E-state index in [4.69, 9.17) is 5.11 Å². The van der Waals surface area contributed by atoms with Crippen molar-refractivity contribution in [3.05, 3.63) is 0 Å². The van der Waals surface area contributed by atoms with Crippen LogP contribution in [0.3, 0.4) is 0 Å². The minimum Gasteiger partial charge on any atom is -0.481 e. The van der Waals surface area contributed by atoms with E-state index in [1.54, 1.807) is 0 Å². The number of hydrogen-bond donors (Lipinski definition) is 3. The van der Waals surface area contributed by atoms with Gasteiger partial charge in [-0.25, -0.2) is 4.79 Å². The van der Waals surface area contributed by atoms with Gasteiger partial charge in [0.25, 0.3) is 0 Å². The summed E-state index contributed by atoms with van der Waals surface area (Å²) in [5, 5.41) is 21.9. The minimum atomic E-state index is -0.721. The van der Waals surface area contributed by atoms with Gasteiger partial charge >= 0.3 is 12.0 Å². The quantitative estimate of drug-likeness (QED) is 0.710. The molecule has 0 bridgehead atoms. The monoisotopic (exact) mass is 296 g/mol. The maximum absolute atomic E-state index is 12.3. The highest BCUT2D eigenvalue weighted by atomic mass is 16.4. The SMILES string of the molecule is O=C(O)C1CCC(NC(=O)N2CC3CCC(O)C3C2)CC1. The van der Waals surface area contributed by atoms with Crippen molar-refractivity contribution in [1.82, 2.24) is 10.2 Å². The predicted molar refractivity (Wildman–Crippen MR) is 75.7 cm³/mol. The number of carboxylic acid groups (broad SMARTS) is 1. The van der Waals surface area contributed by atoms with Gasteiger partial charge in [-0.05, 0) is 44.4 Å². The van der Waals surface area contributed by atoms with Crippen LogP contribution in [0.15, 0.2) is 0 Å². The molecule has 3 fully saturated rings. The van der Waals surface area contributed by atoms with Crippen LogP contribution < -0.4 is 5.32 Å². The van der Waals surface area contributed by atoms with E-state index in [1.165, 1.54) is 0 Å². The minimum absolute atomic E-state index is 0.0459. The number of likely N-dealkylation sites (tertiary alicyclic amines) is 1. The molecule has 6 heteroatoms. The van der Waals surface area contributed by atoms with Crippen LogP contribution in [0.5, 0.6) is 0 Å². The molecule has 2 amide bonds. The topological polar surface area (TPSA) is 89.9 Å². The second-order valence-corrected chi connectivity index (χ2v) is 6.81. The molecule has 6 nitrogen and oxygen atoms in total. The zero-order chi connectivity index (χ0) is 15.0. The van der Waals surface area contributed by atoms with Crippen LogP contribution in [0.25, 0.3) is 0 Å². The molecular formula is C15H24N2O4. The Morgan fingerprint density at radius 1 is 1.00 bits per heavy atom. The van der Waals surface area contributed by atoms with Crippen molar-refractivity contribution in [2.75, 3.05) is 13.1 Å². The van der Waals surface area contributed by atoms with Gasteiger partial charge < -0.3 is 20.4 Å². The third-order valence-corrected chi connectivity index (χ3v) is 5.51. The Bertz CT molecular complexity index is 420. The molecule has 0 radical (unpaired) electrons. The number of hydrogen-bond acceptors (Lipinski definition) is 3. The first kappa shape index (κ1) is 14.6. The van der Waals surface area contributed by atoms with Crippen molar-refractivity contribution in [3.63, 3.8) is 0 Å². The first-order chi connectivity index (χ1) is 10.0. The molecular weight excluding hydrogens is 272 g/mol. The number of rotatable bonds is 2. The average molecular weight is 296 g/mol. The van der Waals surface area contributed by atoms with E-state index in [0.29, 0.717) is 25.3 Å². The lowest BCUT2D eigenvalue weighted by Gasteiger charge is -2.29. The van der Waals surface area contributed by atoms with Crippen LogP contribution in [-0.4, -0.2) is 52.3 Å². The van der Waals surface area contributed by atoms with Gasteiger partial charge in [-0.2, -0.15) is 0 Å². The van der Waals surface area contributed by atoms with E-state index >= 15 is 0 Å². The van der Waals surface area contributed by atoms with Crippen molar-refractivity contribution in [2.45, 2.75) is 50.7 Å². The molecule has 2 aliphatic carbocycles. The maximum Gasteiger partial charge on any atom is 0.317 e. The molecule has 0 aromatic rings. The summed E-state index contributed by atoms with van der Waals surface area (Å²) < 4.78 is 0. The first-order valence-electron chi connectivity index (χ1n) is 8.01. The smallest absolute Gasteiger partial charge is 0.317 e. The Balaban J connectivity index is 1.46. The molecule has 3 N–H and O–H groups in total. The summed E-state index contributed by atoms with van der Waals surface area (Å²) in [6, 6.07) is 0.0499. The summed E-state index contributed by atoms with van der Waals surface area (Å²) in [5.74, 6) is -0.271. The van der Waals surface area contributed by atoms with Gasteiger partial charge in [-0.15, -0.1) is 0 Å². The highest BCUT2D eigenvalue weighted by Crippen LogP contribution is 2.38. The zero-order valence-corrected chi connectivity index (χ0v) is 12.2. The lowest BCUT2D eigenvalue weighted by Crippen LogP contribution is -2.46. The molecule has 118 valence electrons. The van der Waals surface area contributed by atoms with E-state index in [1.807, 2.05) is 4.90 Å². The lowest BCUT2D eigenvalue weighted by atomic mass is 9.86. The van der Waals surface area contributed by atoms with Crippen LogP contribution in [0.1, 0.15) is 38.5 Å². The number of carboxylic acids is 1. The lowest BCUT2D eigenvalue weighted by molar-refractivity contribution is -0.142. The fourth-order valence-corrected chi connectivity index (χ4v) is 4.15. The first-order valence-corrected chi connectivity index (χ1v) is 8.01. The molecule has 3 atom stereocenters. The largest absolute Gasteiger partial charge is 0.481 e. The standard InChI is InChI=1S/C15H24N2O4/c18-13-6-3-10-7-17(8-12(10)13)15(21)16-11-4-1-9(2-5-11)14(19)20/h9-13,18H,1-8H2,(H,16,21)(H,19,20). The summed E-state index contributed by atoms with van der Waals surface area (Å²) >= 11 is 0. The number of nitrogens with one attached hydrogen (secondary N) is 1. The van der Waals surface area contributed by atoms with Crippen LogP contribution in [0.4, 0.5) is 4.79 Å². The number of urea groups is 1. The Hall–Kier alpha value is -1.30. The van der Waals surface area contributed by atoms with Gasteiger partial charge in [0.15, 0.2) is 0 Å². The van der Waals surface area contributed by atoms with Gasteiger partial charge in [0.1, 0.15) is 0 Å². The van der Waals surface area contributed by atoms with Crippen molar-refractivity contribution < 1.29 is 19.8 Å².